The predicted molar refractivity (Wildman–Crippen MR) is 157 cm³/mol. The van der Waals surface area contributed by atoms with Crippen molar-refractivity contribution >= 4 is 42.3 Å². The normalized spacial score (nSPS) is 12.4. The van der Waals surface area contributed by atoms with Crippen LogP contribution in [0.4, 0.5) is 0 Å². The molecule has 0 fully saturated rings. The fourth-order valence-electron chi connectivity index (χ4n) is 4.48. The summed E-state index contributed by atoms with van der Waals surface area (Å²) >= 11 is 2.70. The molecule has 0 radical (unpaired) electrons. The number of rotatable bonds is 21. The van der Waals surface area contributed by atoms with E-state index in [9.17, 15) is 16.8 Å². The van der Waals surface area contributed by atoms with Crippen molar-refractivity contribution in [3.05, 3.63) is 22.9 Å². The molecule has 0 N–H and O–H groups in total. The SMILES string of the molecule is CCCCCCCCCCS(=O)(=O)c1csc(-c2cccs2)c1S(=O)(=O)CCCCCCCCCC. The summed E-state index contributed by atoms with van der Waals surface area (Å²) in [4.78, 5) is 1.48. The van der Waals surface area contributed by atoms with Crippen LogP contribution in [-0.4, -0.2) is 28.3 Å². The number of thiophene rings is 2. The van der Waals surface area contributed by atoms with Gasteiger partial charge in [-0.1, -0.05) is 110 Å². The second-order valence-corrected chi connectivity index (χ2v) is 15.8. The lowest BCUT2D eigenvalue weighted by atomic mass is 10.1. The lowest BCUT2D eigenvalue weighted by Gasteiger charge is -2.10. The first kappa shape index (κ1) is 31.5. The van der Waals surface area contributed by atoms with E-state index >= 15 is 0 Å². The number of hydrogen-bond donors (Lipinski definition) is 0. The topological polar surface area (TPSA) is 68.3 Å². The largest absolute Gasteiger partial charge is 0.224 e. The van der Waals surface area contributed by atoms with Gasteiger partial charge >= 0.3 is 0 Å². The molecule has 2 heterocycles. The van der Waals surface area contributed by atoms with E-state index in [4.69, 9.17) is 0 Å². The molecule has 0 amide bonds. The summed E-state index contributed by atoms with van der Waals surface area (Å²) in [6.45, 7) is 4.40. The first-order chi connectivity index (χ1) is 17.3. The Balaban J connectivity index is 2.04. The van der Waals surface area contributed by atoms with Crippen LogP contribution in [0, 0.1) is 0 Å². The second kappa shape index (κ2) is 17.0. The van der Waals surface area contributed by atoms with Crippen molar-refractivity contribution in [2.45, 2.75) is 126 Å². The van der Waals surface area contributed by atoms with E-state index in [0.29, 0.717) is 17.7 Å². The van der Waals surface area contributed by atoms with Crippen LogP contribution < -0.4 is 0 Å². The van der Waals surface area contributed by atoms with Gasteiger partial charge in [-0.05, 0) is 24.3 Å². The molecular formula is C28H46O4S4. The van der Waals surface area contributed by atoms with Crippen LogP contribution in [-0.2, 0) is 19.7 Å². The van der Waals surface area contributed by atoms with E-state index in [2.05, 4.69) is 13.8 Å². The first-order valence-electron chi connectivity index (χ1n) is 13.9. The molecule has 0 saturated heterocycles. The highest BCUT2D eigenvalue weighted by molar-refractivity contribution is 7.94. The number of unbranched alkanes of at least 4 members (excludes halogenated alkanes) is 14. The number of hydrogen-bond acceptors (Lipinski definition) is 6. The van der Waals surface area contributed by atoms with Crippen LogP contribution in [0.25, 0.3) is 9.75 Å². The quantitative estimate of drug-likeness (QED) is 0.139. The van der Waals surface area contributed by atoms with Crippen LogP contribution in [0.2, 0.25) is 0 Å². The van der Waals surface area contributed by atoms with E-state index < -0.39 is 19.7 Å². The standard InChI is InChI=1S/C28H46O4S4/c1-3-5-7-9-11-13-15-17-22-35(29,30)26-24-34-27(25-20-19-21-33-25)28(26)36(31,32)23-18-16-14-12-10-8-6-4-2/h19-21,24H,3-18,22-23H2,1-2H3. The minimum absolute atomic E-state index is 0.0113. The van der Waals surface area contributed by atoms with E-state index in [-0.39, 0.29) is 21.3 Å². The van der Waals surface area contributed by atoms with Gasteiger partial charge in [-0.2, -0.15) is 0 Å². The van der Waals surface area contributed by atoms with Crippen molar-refractivity contribution in [3.8, 4) is 9.75 Å². The molecule has 0 aromatic carbocycles. The molecule has 0 spiro atoms. The molecule has 0 aliphatic rings. The minimum atomic E-state index is -3.70. The van der Waals surface area contributed by atoms with Gasteiger partial charge in [-0.25, -0.2) is 16.8 Å². The molecule has 0 unspecified atom stereocenters. The molecule has 0 aliphatic carbocycles. The maximum atomic E-state index is 13.5. The number of sulfone groups is 2. The lowest BCUT2D eigenvalue weighted by Crippen LogP contribution is -2.14. The molecule has 8 heteroatoms. The Hall–Kier alpha value is -0.700. The van der Waals surface area contributed by atoms with Gasteiger partial charge in [-0.3, -0.25) is 0 Å². The Morgan fingerprint density at radius 2 is 1.08 bits per heavy atom. The van der Waals surface area contributed by atoms with Crippen molar-refractivity contribution in [1.29, 1.82) is 0 Å². The Morgan fingerprint density at radius 1 is 0.611 bits per heavy atom. The van der Waals surface area contributed by atoms with E-state index in [1.165, 1.54) is 74.0 Å². The van der Waals surface area contributed by atoms with Crippen molar-refractivity contribution in [2.24, 2.45) is 0 Å². The van der Waals surface area contributed by atoms with Gasteiger partial charge < -0.3 is 0 Å². The Kier molecular flexibility index (Phi) is 14.9. The molecular weight excluding hydrogens is 529 g/mol. The highest BCUT2D eigenvalue weighted by Crippen LogP contribution is 2.41. The highest BCUT2D eigenvalue weighted by Gasteiger charge is 2.32. The lowest BCUT2D eigenvalue weighted by molar-refractivity contribution is 0.566. The second-order valence-electron chi connectivity index (χ2n) is 9.82. The smallest absolute Gasteiger partial charge is 0.181 e. The summed E-state index contributed by atoms with van der Waals surface area (Å²) in [7, 11) is -7.36. The summed E-state index contributed by atoms with van der Waals surface area (Å²) in [5, 5.41) is 3.47. The zero-order valence-corrected chi connectivity index (χ0v) is 25.6. The fraction of sp³-hybridized carbons (Fsp3) is 0.714. The van der Waals surface area contributed by atoms with Gasteiger partial charge in [0, 0.05) is 10.3 Å². The molecule has 206 valence electrons. The predicted octanol–water partition coefficient (Wildman–Crippen LogP) is 9.31. The van der Waals surface area contributed by atoms with Gasteiger partial charge in [0.1, 0.15) is 4.90 Å². The van der Waals surface area contributed by atoms with Gasteiger partial charge in [0.25, 0.3) is 0 Å². The third-order valence-corrected chi connectivity index (χ3v) is 12.8. The summed E-state index contributed by atoms with van der Waals surface area (Å²) in [5.41, 5.74) is 0. The molecule has 0 bridgehead atoms. The Bertz CT molecular complexity index is 1050. The van der Waals surface area contributed by atoms with Gasteiger partial charge in [0.05, 0.1) is 21.3 Å². The zero-order chi connectivity index (χ0) is 26.3. The van der Waals surface area contributed by atoms with Crippen LogP contribution in [0.3, 0.4) is 0 Å². The Labute approximate surface area is 228 Å². The molecule has 36 heavy (non-hydrogen) atoms. The minimum Gasteiger partial charge on any atom is -0.224 e. The zero-order valence-electron chi connectivity index (χ0n) is 22.3. The highest BCUT2D eigenvalue weighted by atomic mass is 32.2. The summed E-state index contributed by atoms with van der Waals surface area (Å²) in [5.74, 6) is 0.0280. The van der Waals surface area contributed by atoms with Crippen molar-refractivity contribution < 1.29 is 16.8 Å². The molecule has 0 aliphatic heterocycles. The average Bonchev–Trinajstić information content (AvgIpc) is 3.53. The molecule has 2 rings (SSSR count). The van der Waals surface area contributed by atoms with Crippen LogP contribution in [0.1, 0.15) is 117 Å². The summed E-state index contributed by atoms with van der Waals surface area (Å²) in [6, 6.07) is 3.75. The maximum Gasteiger partial charge on any atom is 0.181 e. The first-order valence-corrected chi connectivity index (χ1v) is 19.0. The molecule has 4 nitrogen and oxygen atoms in total. The maximum absolute atomic E-state index is 13.5. The van der Waals surface area contributed by atoms with Crippen molar-refractivity contribution in [1.82, 2.24) is 0 Å². The Morgan fingerprint density at radius 3 is 1.56 bits per heavy atom. The van der Waals surface area contributed by atoms with E-state index in [1.807, 2.05) is 17.5 Å². The van der Waals surface area contributed by atoms with E-state index in [1.54, 1.807) is 5.38 Å². The van der Waals surface area contributed by atoms with Crippen molar-refractivity contribution in [3.63, 3.8) is 0 Å². The third kappa shape index (κ3) is 10.6. The van der Waals surface area contributed by atoms with Crippen LogP contribution in [0.15, 0.2) is 32.7 Å². The van der Waals surface area contributed by atoms with Crippen molar-refractivity contribution in [2.75, 3.05) is 11.5 Å². The van der Waals surface area contributed by atoms with Gasteiger partial charge in [-0.15, -0.1) is 22.7 Å². The molecule has 0 atom stereocenters. The van der Waals surface area contributed by atoms with Gasteiger partial charge in [0.2, 0.25) is 0 Å². The van der Waals surface area contributed by atoms with E-state index in [0.717, 1.165) is 43.4 Å². The molecule has 2 aromatic rings. The molecule has 2 aromatic heterocycles. The summed E-state index contributed by atoms with van der Waals surface area (Å²) < 4.78 is 53.6. The van der Waals surface area contributed by atoms with Crippen LogP contribution in [0.5, 0.6) is 0 Å². The molecule has 0 saturated carbocycles. The summed E-state index contributed by atoms with van der Waals surface area (Å²) in [6.07, 6.45) is 17.1. The fourth-order valence-corrected chi connectivity index (χ4v) is 11.1. The van der Waals surface area contributed by atoms with Crippen LogP contribution >= 0.6 is 22.7 Å². The third-order valence-electron chi connectivity index (χ3n) is 6.64. The van der Waals surface area contributed by atoms with Gasteiger partial charge in [0.15, 0.2) is 19.7 Å². The monoisotopic (exact) mass is 574 g/mol. The average molecular weight is 575 g/mol.